The van der Waals surface area contributed by atoms with Gasteiger partial charge in [-0.2, -0.15) is 0 Å². The van der Waals surface area contributed by atoms with E-state index < -0.39 is 14.3 Å². The van der Waals surface area contributed by atoms with Crippen molar-refractivity contribution in [1.29, 1.82) is 0 Å². The molecule has 19 heavy (non-hydrogen) atoms. The van der Waals surface area contributed by atoms with Crippen molar-refractivity contribution in [2.45, 2.75) is 77.8 Å². The van der Waals surface area contributed by atoms with Crippen LogP contribution in [0.1, 0.15) is 62.3 Å². The minimum absolute atomic E-state index is 0.494. The van der Waals surface area contributed by atoms with Crippen molar-refractivity contribution in [2.24, 2.45) is 0 Å². The Morgan fingerprint density at radius 3 is 1.16 bits per heavy atom. The van der Waals surface area contributed by atoms with Gasteiger partial charge in [0, 0.05) is 0 Å². The summed E-state index contributed by atoms with van der Waals surface area (Å²) in [6.45, 7) is 24.8. The average molecular weight is 304 g/mol. The molecule has 0 aliphatic rings. The zero-order valence-electron chi connectivity index (χ0n) is 15.9. The molecule has 0 aromatic heterocycles. The van der Waals surface area contributed by atoms with E-state index in [9.17, 15) is 0 Å². The first kappa shape index (κ1) is 20.0. The zero-order chi connectivity index (χ0) is 15.9. The molecule has 4 heteroatoms. The summed E-state index contributed by atoms with van der Waals surface area (Å²) in [5.41, 5.74) is 0. The predicted molar refractivity (Wildman–Crippen MR) is 109 cm³/mol. The minimum atomic E-state index is -1.31. The van der Waals surface area contributed by atoms with E-state index in [0.717, 1.165) is 0 Å². The molecular formula is C15H40B2P2. The summed E-state index contributed by atoms with van der Waals surface area (Å²) in [6.07, 6.45) is 2.99. The molecule has 0 atom stereocenters. The second-order valence-electron chi connectivity index (χ2n) is 10.5. The van der Waals surface area contributed by atoms with Crippen molar-refractivity contribution in [3.63, 3.8) is 0 Å². The van der Waals surface area contributed by atoms with Crippen molar-refractivity contribution >= 4 is 29.4 Å². The van der Waals surface area contributed by atoms with Gasteiger partial charge in [-0.1, -0.05) is 0 Å². The van der Waals surface area contributed by atoms with Gasteiger partial charge in [0.05, 0.1) is 0 Å². The van der Waals surface area contributed by atoms with Crippen molar-refractivity contribution in [3.05, 3.63) is 0 Å². The van der Waals surface area contributed by atoms with Crippen molar-refractivity contribution < 1.29 is 0 Å². The van der Waals surface area contributed by atoms with Gasteiger partial charge in [-0.15, -0.1) is 0 Å². The Balaban J connectivity index is 5.22. The maximum atomic E-state index is 2.65. The molecule has 116 valence electrons. The Kier molecular flexibility index (Phi) is 5.94. The topological polar surface area (TPSA) is 0 Å². The van der Waals surface area contributed by atoms with Crippen molar-refractivity contribution in [2.75, 3.05) is 19.0 Å². The van der Waals surface area contributed by atoms with E-state index in [1.165, 1.54) is 12.3 Å². The molecule has 0 saturated carbocycles. The first-order valence-corrected chi connectivity index (χ1v) is 13.9. The first-order chi connectivity index (χ1) is 7.96. The van der Waals surface area contributed by atoms with Crippen LogP contribution in [-0.4, -0.2) is 49.6 Å². The van der Waals surface area contributed by atoms with Crippen LogP contribution in [-0.2, 0) is 0 Å². The summed E-state index contributed by atoms with van der Waals surface area (Å²) in [5, 5.41) is 1.51. The van der Waals surface area contributed by atoms with Crippen LogP contribution in [0.4, 0.5) is 0 Å². The van der Waals surface area contributed by atoms with E-state index in [2.05, 4.69) is 84.1 Å². The zero-order valence-corrected chi connectivity index (χ0v) is 17.9. The van der Waals surface area contributed by atoms with Crippen LogP contribution >= 0.6 is 14.3 Å². The van der Waals surface area contributed by atoms with Crippen LogP contribution < -0.4 is 0 Å². The standard InChI is InChI=1S/C15H40B2P2/c1-13(2,3)18(10,16)11-12-19(17,14(4,5)6)15(7,8)9/h18-19H,11-12,16-17H2,1-10H3. The van der Waals surface area contributed by atoms with Gasteiger partial charge < -0.3 is 0 Å². The quantitative estimate of drug-likeness (QED) is 0.552. The molecule has 0 aliphatic carbocycles. The molecule has 0 radical (unpaired) electrons. The third-order valence-corrected chi connectivity index (χ3v) is 20.5. The Morgan fingerprint density at radius 1 is 0.632 bits per heavy atom. The molecule has 0 aromatic carbocycles. The predicted octanol–water partition coefficient (Wildman–Crippen LogP) is 3.61. The summed E-state index contributed by atoms with van der Waals surface area (Å²) in [4.78, 5) is 0. The van der Waals surface area contributed by atoms with Gasteiger partial charge in [-0.25, -0.2) is 0 Å². The van der Waals surface area contributed by atoms with E-state index >= 15 is 0 Å². The summed E-state index contributed by atoms with van der Waals surface area (Å²) >= 11 is 0. The number of hydrogen-bond donors (Lipinski definition) is 0. The van der Waals surface area contributed by atoms with Crippen LogP contribution in [0.5, 0.6) is 0 Å². The van der Waals surface area contributed by atoms with Crippen LogP contribution in [0.15, 0.2) is 0 Å². The Hall–Kier alpha value is 0.990. The van der Waals surface area contributed by atoms with E-state index in [-0.39, 0.29) is 0 Å². The fourth-order valence-electron chi connectivity index (χ4n) is 2.81. The summed E-state index contributed by atoms with van der Waals surface area (Å²) in [5.74, 6) is 0. The number of rotatable bonds is 3. The molecule has 0 bridgehead atoms. The Labute approximate surface area is 126 Å². The third-order valence-electron chi connectivity index (χ3n) is 6.59. The van der Waals surface area contributed by atoms with Gasteiger partial charge in [0.15, 0.2) is 0 Å². The molecule has 0 heterocycles. The second kappa shape index (κ2) is 5.65. The molecule has 0 rings (SSSR count). The number of hydrogen-bond acceptors (Lipinski definition) is 0. The van der Waals surface area contributed by atoms with E-state index in [0.29, 0.717) is 15.5 Å². The molecule has 0 fully saturated rings. The average Bonchev–Trinajstić information content (AvgIpc) is 2.08. The van der Waals surface area contributed by atoms with Crippen molar-refractivity contribution in [1.82, 2.24) is 0 Å². The van der Waals surface area contributed by atoms with Crippen LogP contribution in [0.2, 0.25) is 0 Å². The molecular weight excluding hydrogens is 264 g/mol. The van der Waals surface area contributed by atoms with Crippen LogP contribution in [0.3, 0.4) is 0 Å². The van der Waals surface area contributed by atoms with Gasteiger partial charge >= 0.3 is 126 Å². The summed E-state index contributed by atoms with van der Waals surface area (Å²) in [7, 11) is 2.80. The van der Waals surface area contributed by atoms with Gasteiger partial charge in [0.2, 0.25) is 0 Å². The summed E-state index contributed by atoms with van der Waals surface area (Å²) < 4.78 is 0. The molecule has 0 aliphatic heterocycles. The van der Waals surface area contributed by atoms with Gasteiger partial charge in [0.25, 0.3) is 0 Å². The maximum absolute atomic E-state index is 2.65. The van der Waals surface area contributed by atoms with E-state index in [1.807, 2.05) is 0 Å². The molecule has 0 N–H and O–H groups in total. The molecule has 0 aromatic rings. The van der Waals surface area contributed by atoms with Crippen LogP contribution in [0, 0.1) is 0 Å². The van der Waals surface area contributed by atoms with Crippen molar-refractivity contribution in [3.8, 4) is 0 Å². The molecule has 0 saturated heterocycles. The van der Waals surface area contributed by atoms with E-state index in [4.69, 9.17) is 0 Å². The Bertz CT molecular complexity index is 290. The van der Waals surface area contributed by atoms with E-state index in [1.54, 1.807) is 0 Å². The summed E-state index contributed by atoms with van der Waals surface area (Å²) in [6, 6.07) is 0. The Morgan fingerprint density at radius 2 is 0.947 bits per heavy atom. The second-order valence-corrected chi connectivity index (χ2v) is 22.4. The van der Waals surface area contributed by atoms with Gasteiger partial charge in [-0.05, 0) is 0 Å². The fourth-order valence-corrected chi connectivity index (χ4v) is 11.8. The SMILES string of the molecule is B[PH](C)(CC[PH](B)(C(C)(C)C)C(C)(C)C)C(C)(C)C. The fraction of sp³-hybridized carbons (Fsp3) is 1.00. The molecule has 0 unspecified atom stereocenters. The van der Waals surface area contributed by atoms with Gasteiger partial charge in [0.1, 0.15) is 0 Å². The normalized spacial score (nSPS) is 17.4. The van der Waals surface area contributed by atoms with Gasteiger partial charge in [-0.3, -0.25) is 0 Å². The molecule has 0 spiro atoms. The molecule has 0 amide bonds. The first-order valence-electron chi connectivity index (χ1n) is 7.96. The monoisotopic (exact) mass is 304 g/mol. The third kappa shape index (κ3) is 4.48. The van der Waals surface area contributed by atoms with Crippen LogP contribution in [0.25, 0.3) is 0 Å². The molecule has 0 nitrogen and oxygen atoms in total.